The molecule has 0 radical (unpaired) electrons. The Morgan fingerprint density at radius 2 is 1.04 bits per heavy atom. The summed E-state index contributed by atoms with van der Waals surface area (Å²) in [7, 11) is 0. The van der Waals surface area contributed by atoms with E-state index in [-0.39, 0.29) is 23.7 Å². The Bertz CT molecular complexity index is 486. The summed E-state index contributed by atoms with van der Waals surface area (Å²) in [5.41, 5.74) is 0. The van der Waals surface area contributed by atoms with Gasteiger partial charge in [0.15, 0.2) is 0 Å². The summed E-state index contributed by atoms with van der Waals surface area (Å²) in [4.78, 5) is 42.2. The Morgan fingerprint density at radius 3 is 1.46 bits per heavy atom. The van der Waals surface area contributed by atoms with Gasteiger partial charge in [-0.15, -0.1) is 0 Å². The molecule has 134 valence electrons. The lowest BCUT2D eigenvalue weighted by Gasteiger charge is -2.39. The van der Waals surface area contributed by atoms with E-state index in [2.05, 4.69) is 0 Å². The normalized spacial score (nSPS) is 23.6. The number of piperidine rings is 1. The maximum absolute atomic E-state index is 12.7. The van der Waals surface area contributed by atoms with Crippen molar-refractivity contribution < 1.29 is 14.4 Å². The first kappa shape index (κ1) is 17.2. The van der Waals surface area contributed by atoms with E-state index in [1.165, 1.54) is 12.8 Å². The van der Waals surface area contributed by atoms with Gasteiger partial charge in [0.25, 0.3) is 0 Å². The molecule has 2 saturated heterocycles. The van der Waals surface area contributed by atoms with Gasteiger partial charge < -0.3 is 14.7 Å². The van der Waals surface area contributed by atoms with Crippen molar-refractivity contribution in [1.29, 1.82) is 0 Å². The highest BCUT2D eigenvalue weighted by molar-refractivity contribution is 5.81. The van der Waals surface area contributed by atoms with Crippen LogP contribution in [0, 0.1) is 11.8 Å². The van der Waals surface area contributed by atoms with Crippen LogP contribution in [0.2, 0.25) is 0 Å². The number of carbonyl (C=O) groups excluding carboxylic acids is 3. The molecular weight excluding hydrogens is 306 g/mol. The van der Waals surface area contributed by atoms with Gasteiger partial charge in [0.2, 0.25) is 17.7 Å². The van der Waals surface area contributed by atoms with Gasteiger partial charge in [0.05, 0.1) is 0 Å². The van der Waals surface area contributed by atoms with E-state index in [9.17, 15) is 14.4 Å². The summed E-state index contributed by atoms with van der Waals surface area (Å²) >= 11 is 0. The minimum Gasteiger partial charge on any atom is -0.343 e. The number of likely N-dealkylation sites (tertiary alicyclic amines) is 1. The van der Waals surface area contributed by atoms with Crippen molar-refractivity contribution in [2.24, 2.45) is 11.8 Å². The molecule has 24 heavy (non-hydrogen) atoms. The summed E-state index contributed by atoms with van der Waals surface area (Å²) in [5.74, 6) is 0.876. The maximum atomic E-state index is 12.7. The fourth-order valence-electron chi connectivity index (χ4n) is 4.28. The number of nitrogens with zero attached hydrogens (tertiary/aromatic N) is 3. The van der Waals surface area contributed by atoms with Crippen LogP contribution >= 0.6 is 0 Å². The van der Waals surface area contributed by atoms with Crippen LogP contribution in [0.4, 0.5) is 0 Å². The highest BCUT2D eigenvalue weighted by atomic mass is 16.2. The third kappa shape index (κ3) is 3.73. The summed E-state index contributed by atoms with van der Waals surface area (Å²) in [6.07, 6.45) is 5.94. The lowest BCUT2D eigenvalue weighted by atomic mass is 9.95. The lowest BCUT2D eigenvalue weighted by molar-refractivity contribution is -0.145. The zero-order valence-electron chi connectivity index (χ0n) is 14.7. The fourth-order valence-corrected chi connectivity index (χ4v) is 4.28. The Kier molecular flexibility index (Phi) is 5.41. The monoisotopic (exact) mass is 335 g/mol. The van der Waals surface area contributed by atoms with Crippen molar-refractivity contribution >= 4 is 17.7 Å². The molecule has 0 spiro atoms. The van der Waals surface area contributed by atoms with Gasteiger partial charge in [-0.05, 0) is 25.7 Å². The average Bonchev–Trinajstić information content (AvgIpc) is 3.15. The molecule has 6 nitrogen and oxygen atoms in total. The molecule has 0 bridgehead atoms. The SMILES string of the molecule is CC(=O)N1CCC(C(=O)N2CCN(C(=O)C3CCCC3)CC2)CC1. The largest absolute Gasteiger partial charge is 0.343 e. The van der Waals surface area contributed by atoms with Crippen molar-refractivity contribution in [2.45, 2.75) is 45.4 Å². The maximum Gasteiger partial charge on any atom is 0.225 e. The van der Waals surface area contributed by atoms with E-state index in [4.69, 9.17) is 0 Å². The van der Waals surface area contributed by atoms with E-state index in [0.29, 0.717) is 45.2 Å². The van der Waals surface area contributed by atoms with E-state index >= 15 is 0 Å². The van der Waals surface area contributed by atoms with Gasteiger partial charge in [0, 0.05) is 58.0 Å². The molecule has 0 N–H and O–H groups in total. The number of amides is 3. The van der Waals surface area contributed by atoms with Crippen molar-refractivity contribution in [3.63, 3.8) is 0 Å². The molecule has 0 aromatic carbocycles. The van der Waals surface area contributed by atoms with Crippen LogP contribution in [0.1, 0.15) is 45.4 Å². The molecule has 0 aromatic heterocycles. The molecule has 3 rings (SSSR count). The second-order valence-corrected chi connectivity index (χ2v) is 7.41. The van der Waals surface area contributed by atoms with Crippen LogP contribution in [0.3, 0.4) is 0 Å². The van der Waals surface area contributed by atoms with Crippen LogP contribution in [-0.2, 0) is 14.4 Å². The van der Waals surface area contributed by atoms with E-state index in [0.717, 1.165) is 25.7 Å². The highest BCUT2D eigenvalue weighted by Gasteiger charge is 2.33. The average molecular weight is 335 g/mol. The highest BCUT2D eigenvalue weighted by Crippen LogP contribution is 2.27. The van der Waals surface area contributed by atoms with Crippen LogP contribution in [0.15, 0.2) is 0 Å². The Balaban J connectivity index is 1.45. The third-order valence-corrected chi connectivity index (χ3v) is 5.90. The van der Waals surface area contributed by atoms with Crippen molar-refractivity contribution in [3.8, 4) is 0 Å². The molecule has 1 saturated carbocycles. The molecule has 0 atom stereocenters. The van der Waals surface area contributed by atoms with Crippen molar-refractivity contribution in [2.75, 3.05) is 39.3 Å². The van der Waals surface area contributed by atoms with Gasteiger partial charge in [-0.3, -0.25) is 14.4 Å². The van der Waals surface area contributed by atoms with Crippen molar-refractivity contribution in [3.05, 3.63) is 0 Å². The van der Waals surface area contributed by atoms with Crippen LogP contribution < -0.4 is 0 Å². The van der Waals surface area contributed by atoms with E-state index in [1.807, 2.05) is 14.7 Å². The Morgan fingerprint density at radius 1 is 0.625 bits per heavy atom. The number of piperazine rings is 1. The Labute approximate surface area is 144 Å². The molecule has 6 heteroatoms. The van der Waals surface area contributed by atoms with E-state index < -0.39 is 0 Å². The molecule has 2 aliphatic heterocycles. The van der Waals surface area contributed by atoms with Gasteiger partial charge in [0.1, 0.15) is 0 Å². The third-order valence-electron chi connectivity index (χ3n) is 5.90. The Hall–Kier alpha value is -1.59. The molecule has 2 heterocycles. The quantitative estimate of drug-likeness (QED) is 0.759. The van der Waals surface area contributed by atoms with Crippen LogP contribution in [-0.4, -0.2) is 71.7 Å². The minimum absolute atomic E-state index is 0.0395. The standard InChI is InChI=1S/C18H29N3O3/c1-14(22)19-8-6-16(7-9-19)18(24)21-12-10-20(11-13-21)17(23)15-4-2-3-5-15/h15-16H,2-13H2,1H3. The summed E-state index contributed by atoms with van der Waals surface area (Å²) in [5, 5.41) is 0. The predicted molar refractivity (Wildman–Crippen MR) is 90.1 cm³/mol. The zero-order valence-corrected chi connectivity index (χ0v) is 14.7. The van der Waals surface area contributed by atoms with Crippen molar-refractivity contribution in [1.82, 2.24) is 14.7 Å². The second-order valence-electron chi connectivity index (χ2n) is 7.41. The molecular formula is C18H29N3O3. The number of rotatable bonds is 2. The van der Waals surface area contributed by atoms with Gasteiger partial charge >= 0.3 is 0 Å². The first-order valence-corrected chi connectivity index (χ1v) is 9.39. The van der Waals surface area contributed by atoms with Crippen LogP contribution in [0.5, 0.6) is 0 Å². The second kappa shape index (κ2) is 7.53. The van der Waals surface area contributed by atoms with Gasteiger partial charge in [-0.2, -0.15) is 0 Å². The molecule has 3 amide bonds. The fraction of sp³-hybridized carbons (Fsp3) is 0.833. The topological polar surface area (TPSA) is 60.9 Å². The predicted octanol–water partition coefficient (Wildman–Crippen LogP) is 1.11. The minimum atomic E-state index is 0.0395. The number of hydrogen-bond acceptors (Lipinski definition) is 3. The van der Waals surface area contributed by atoms with Crippen LogP contribution in [0.25, 0.3) is 0 Å². The van der Waals surface area contributed by atoms with Gasteiger partial charge in [-0.1, -0.05) is 12.8 Å². The molecule has 3 fully saturated rings. The zero-order chi connectivity index (χ0) is 17.1. The molecule has 3 aliphatic rings. The molecule has 1 aliphatic carbocycles. The first-order valence-electron chi connectivity index (χ1n) is 9.39. The van der Waals surface area contributed by atoms with E-state index in [1.54, 1.807) is 6.92 Å². The first-order chi connectivity index (χ1) is 11.6. The number of hydrogen-bond donors (Lipinski definition) is 0. The number of carbonyl (C=O) groups is 3. The summed E-state index contributed by atoms with van der Waals surface area (Å²) in [6.45, 7) is 5.62. The lowest BCUT2D eigenvalue weighted by Crippen LogP contribution is -2.53. The van der Waals surface area contributed by atoms with Gasteiger partial charge in [-0.25, -0.2) is 0 Å². The summed E-state index contributed by atoms with van der Waals surface area (Å²) < 4.78 is 0. The summed E-state index contributed by atoms with van der Waals surface area (Å²) in [6, 6.07) is 0. The smallest absolute Gasteiger partial charge is 0.225 e. The molecule has 0 aromatic rings. The molecule has 0 unspecified atom stereocenters.